The number of carbonyl (C=O) groups is 2. The number of unbranched alkanes of at least 4 members (excludes halogenated alkanes) is 2. The van der Waals surface area contributed by atoms with Crippen molar-refractivity contribution in [3.8, 4) is 0 Å². The van der Waals surface area contributed by atoms with Gasteiger partial charge in [0.1, 0.15) is 6.04 Å². The number of quaternary nitrogens is 2. The minimum Gasteiger partial charge on any atom is -0.480 e. The highest BCUT2D eigenvalue weighted by molar-refractivity contribution is 5.84. The van der Waals surface area contributed by atoms with Crippen LogP contribution in [0.15, 0.2) is 0 Å². The van der Waals surface area contributed by atoms with Crippen LogP contribution in [-0.2, 0) is 9.59 Å². The smallest absolute Gasteiger partial charge is 0.326 e. The largest absolute Gasteiger partial charge is 0.480 e. The Labute approximate surface area is 140 Å². The van der Waals surface area contributed by atoms with Gasteiger partial charge >= 0.3 is 5.97 Å². The zero-order valence-corrected chi connectivity index (χ0v) is 15.2. The van der Waals surface area contributed by atoms with Crippen molar-refractivity contribution in [3.05, 3.63) is 0 Å². The predicted octanol–water partition coefficient (Wildman–Crippen LogP) is 0.433. The fraction of sp³-hybridized carbons (Fsp3) is 0.882. The lowest BCUT2D eigenvalue weighted by Crippen LogP contribution is -2.50. The van der Waals surface area contributed by atoms with Crippen molar-refractivity contribution in [2.45, 2.75) is 71.8 Å². The van der Waals surface area contributed by atoms with Gasteiger partial charge in [-0.25, -0.2) is 4.79 Å². The van der Waals surface area contributed by atoms with Crippen LogP contribution in [0.4, 0.5) is 0 Å². The van der Waals surface area contributed by atoms with Gasteiger partial charge in [-0.3, -0.25) is 4.79 Å². The molecule has 0 fully saturated rings. The van der Waals surface area contributed by atoms with Gasteiger partial charge in [0, 0.05) is 5.92 Å². The van der Waals surface area contributed by atoms with Crippen LogP contribution < -0.4 is 16.8 Å². The van der Waals surface area contributed by atoms with E-state index in [4.69, 9.17) is 0 Å². The first-order valence-electron chi connectivity index (χ1n) is 8.83. The molecule has 0 radical (unpaired) electrons. The van der Waals surface area contributed by atoms with Crippen LogP contribution in [0, 0.1) is 11.3 Å². The van der Waals surface area contributed by atoms with Crippen molar-refractivity contribution in [3.63, 3.8) is 0 Å². The average Bonchev–Trinajstić information content (AvgIpc) is 2.44. The Morgan fingerprint density at radius 3 is 1.96 bits per heavy atom. The summed E-state index contributed by atoms with van der Waals surface area (Å²) in [6, 6.07) is -0.788. The van der Waals surface area contributed by atoms with E-state index in [1.54, 1.807) is 0 Å². The summed E-state index contributed by atoms with van der Waals surface area (Å²) < 4.78 is 0. The molecule has 0 aromatic heterocycles. The average molecular weight is 332 g/mol. The number of hydrogen-bond acceptors (Lipinski definition) is 2. The maximum Gasteiger partial charge on any atom is 0.326 e. The van der Waals surface area contributed by atoms with Crippen LogP contribution in [0.1, 0.15) is 65.7 Å². The number of amides is 1. The van der Waals surface area contributed by atoms with E-state index >= 15 is 0 Å². The van der Waals surface area contributed by atoms with Crippen molar-refractivity contribution in [1.29, 1.82) is 0 Å². The SMILES string of the molecule is CC(C)(C)C[C@@H](CCCC[NH3+])C(=O)N[C@@H](CCCC[NH3+])C(=O)O. The minimum absolute atomic E-state index is 0.0407. The highest BCUT2D eigenvalue weighted by Crippen LogP contribution is 2.27. The molecule has 0 aromatic rings. The molecule has 0 aliphatic carbocycles. The van der Waals surface area contributed by atoms with E-state index in [0.717, 1.165) is 51.6 Å². The molecule has 6 nitrogen and oxygen atoms in total. The van der Waals surface area contributed by atoms with E-state index in [9.17, 15) is 14.7 Å². The third-order valence-corrected chi connectivity index (χ3v) is 3.89. The van der Waals surface area contributed by atoms with Gasteiger partial charge in [0.15, 0.2) is 0 Å². The van der Waals surface area contributed by atoms with Crippen LogP contribution in [0.2, 0.25) is 0 Å². The van der Waals surface area contributed by atoms with Gasteiger partial charge in [0.05, 0.1) is 13.1 Å². The molecule has 0 unspecified atom stereocenters. The summed E-state index contributed by atoms with van der Waals surface area (Å²) in [5.74, 6) is -1.20. The molecular formula is C17H37N3O3+2. The first-order valence-corrected chi connectivity index (χ1v) is 8.83. The van der Waals surface area contributed by atoms with Crippen molar-refractivity contribution in [2.24, 2.45) is 11.3 Å². The van der Waals surface area contributed by atoms with E-state index in [0.29, 0.717) is 6.42 Å². The molecular weight excluding hydrogens is 294 g/mol. The molecule has 0 rings (SSSR count). The summed E-state index contributed by atoms with van der Waals surface area (Å²) in [4.78, 5) is 23.9. The Kier molecular flexibility index (Phi) is 10.8. The summed E-state index contributed by atoms with van der Waals surface area (Å²) in [6.07, 6.45) is 5.64. The van der Waals surface area contributed by atoms with Crippen LogP contribution in [0.5, 0.6) is 0 Å². The summed E-state index contributed by atoms with van der Waals surface area (Å²) in [5, 5.41) is 12.1. The third kappa shape index (κ3) is 11.1. The maximum absolute atomic E-state index is 12.6. The molecule has 2 atom stereocenters. The van der Waals surface area contributed by atoms with Crippen LogP contribution in [-0.4, -0.2) is 36.1 Å². The predicted molar refractivity (Wildman–Crippen MR) is 90.3 cm³/mol. The standard InChI is InChI=1S/C17H35N3O3/c1-17(2,3)12-13(8-4-6-10-18)15(21)20-14(16(22)23)9-5-7-11-19/h13-14H,4-12,18-19H2,1-3H3,(H,20,21)(H,22,23)/p+2/t13-,14+/m1/s1. The molecule has 0 bridgehead atoms. The summed E-state index contributed by atoms with van der Waals surface area (Å²) in [6.45, 7) is 7.98. The fourth-order valence-corrected chi connectivity index (χ4v) is 2.70. The molecule has 0 aromatic carbocycles. The second-order valence-corrected chi connectivity index (χ2v) is 7.56. The van der Waals surface area contributed by atoms with Gasteiger partial charge in [-0.1, -0.05) is 20.8 Å². The minimum atomic E-state index is -0.949. The van der Waals surface area contributed by atoms with E-state index in [1.165, 1.54) is 0 Å². The Morgan fingerprint density at radius 2 is 1.52 bits per heavy atom. The molecule has 0 aliphatic rings. The van der Waals surface area contributed by atoms with E-state index < -0.39 is 12.0 Å². The van der Waals surface area contributed by atoms with Gasteiger partial charge in [0.2, 0.25) is 5.91 Å². The molecule has 8 N–H and O–H groups in total. The molecule has 0 saturated heterocycles. The summed E-state index contributed by atoms with van der Waals surface area (Å²) >= 11 is 0. The first kappa shape index (κ1) is 21.9. The molecule has 136 valence electrons. The van der Waals surface area contributed by atoms with Gasteiger partial charge in [-0.2, -0.15) is 0 Å². The van der Waals surface area contributed by atoms with E-state index in [2.05, 4.69) is 37.6 Å². The number of carboxylic acid groups (broad SMARTS) is 1. The summed E-state index contributed by atoms with van der Waals surface area (Å²) in [5.41, 5.74) is 7.63. The fourth-order valence-electron chi connectivity index (χ4n) is 2.70. The Balaban J connectivity index is 4.71. The molecule has 0 aliphatic heterocycles. The molecule has 0 spiro atoms. The lowest BCUT2D eigenvalue weighted by molar-refractivity contribution is -0.369. The quantitative estimate of drug-likeness (QED) is 0.388. The van der Waals surface area contributed by atoms with Crippen molar-refractivity contribution < 1.29 is 26.2 Å². The Hall–Kier alpha value is -1.14. The second-order valence-electron chi connectivity index (χ2n) is 7.56. The van der Waals surface area contributed by atoms with E-state index in [1.807, 2.05) is 0 Å². The van der Waals surface area contributed by atoms with Crippen LogP contribution in [0.3, 0.4) is 0 Å². The van der Waals surface area contributed by atoms with Gasteiger partial charge in [-0.05, 0) is 50.4 Å². The maximum atomic E-state index is 12.6. The second kappa shape index (κ2) is 11.4. The summed E-state index contributed by atoms with van der Waals surface area (Å²) in [7, 11) is 0. The van der Waals surface area contributed by atoms with E-state index in [-0.39, 0.29) is 17.2 Å². The zero-order chi connectivity index (χ0) is 17.9. The molecule has 0 saturated carbocycles. The number of carboxylic acids is 1. The van der Waals surface area contributed by atoms with Crippen molar-refractivity contribution in [2.75, 3.05) is 13.1 Å². The van der Waals surface area contributed by atoms with Crippen molar-refractivity contribution >= 4 is 11.9 Å². The molecule has 23 heavy (non-hydrogen) atoms. The number of hydrogen-bond donors (Lipinski definition) is 4. The monoisotopic (exact) mass is 331 g/mol. The van der Waals surface area contributed by atoms with Crippen LogP contribution >= 0.6 is 0 Å². The zero-order valence-electron chi connectivity index (χ0n) is 15.2. The Bertz CT molecular complexity index is 353. The van der Waals surface area contributed by atoms with Crippen LogP contribution in [0.25, 0.3) is 0 Å². The van der Waals surface area contributed by atoms with Gasteiger partial charge < -0.3 is 21.9 Å². The van der Waals surface area contributed by atoms with Gasteiger partial charge in [-0.15, -0.1) is 0 Å². The normalized spacial score (nSPS) is 14.3. The number of carbonyl (C=O) groups excluding carboxylic acids is 1. The highest BCUT2D eigenvalue weighted by atomic mass is 16.4. The number of nitrogens with one attached hydrogen (secondary N) is 1. The molecule has 0 heterocycles. The number of rotatable bonds is 12. The van der Waals surface area contributed by atoms with Gasteiger partial charge in [0.25, 0.3) is 0 Å². The Morgan fingerprint density at radius 1 is 1.00 bits per heavy atom. The molecule has 1 amide bonds. The lowest BCUT2D eigenvalue weighted by Gasteiger charge is -2.26. The highest BCUT2D eigenvalue weighted by Gasteiger charge is 2.28. The first-order chi connectivity index (χ1) is 10.7. The molecule has 6 heteroatoms. The third-order valence-electron chi connectivity index (χ3n) is 3.89. The number of aliphatic carboxylic acids is 1. The van der Waals surface area contributed by atoms with Crippen molar-refractivity contribution in [1.82, 2.24) is 5.32 Å². The lowest BCUT2D eigenvalue weighted by atomic mass is 9.82. The topological polar surface area (TPSA) is 122 Å².